The monoisotopic (exact) mass is 388 g/mol. The molecule has 2 N–H and O–H groups in total. The number of carbonyl (C=O) groups is 2. The van der Waals surface area contributed by atoms with Crippen LogP contribution in [0.25, 0.3) is 0 Å². The first-order valence-electron chi connectivity index (χ1n) is 9.80. The van der Waals surface area contributed by atoms with Crippen LogP contribution < -0.4 is 10.6 Å². The molecule has 1 amide bonds. The number of rotatable bonds is 6. The van der Waals surface area contributed by atoms with E-state index >= 15 is 0 Å². The molecule has 1 aromatic carbocycles. The van der Waals surface area contributed by atoms with E-state index in [2.05, 4.69) is 17.2 Å². The Kier molecular flexibility index (Phi) is 7.49. The highest BCUT2D eigenvalue weighted by Gasteiger charge is 2.25. The summed E-state index contributed by atoms with van der Waals surface area (Å²) in [5.41, 5.74) is 1.91. The Morgan fingerprint density at radius 2 is 1.82 bits per heavy atom. The first-order valence-corrected chi connectivity index (χ1v) is 9.80. The lowest BCUT2D eigenvalue weighted by Crippen LogP contribution is -2.42. The van der Waals surface area contributed by atoms with E-state index in [9.17, 15) is 9.59 Å². The van der Waals surface area contributed by atoms with E-state index in [0.717, 1.165) is 36.9 Å². The van der Waals surface area contributed by atoms with E-state index in [1.807, 2.05) is 32.9 Å². The van der Waals surface area contributed by atoms with Gasteiger partial charge >= 0.3 is 12.1 Å². The van der Waals surface area contributed by atoms with Crippen molar-refractivity contribution in [3.8, 4) is 0 Å². The van der Waals surface area contributed by atoms with Gasteiger partial charge in [-0.2, -0.15) is 0 Å². The molecule has 1 aliphatic carbocycles. The molecule has 28 heavy (non-hydrogen) atoms. The van der Waals surface area contributed by atoms with Crippen molar-refractivity contribution in [3.05, 3.63) is 42.0 Å². The number of nitrogens with one attached hydrogen (secondary N) is 2. The molecule has 0 heterocycles. The van der Waals surface area contributed by atoms with Gasteiger partial charge in [-0.3, -0.25) is 0 Å². The molecule has 0 spiro atoms. The molecule has 0 bridgehead atoms. The van der Waals surface area contributed by atoms with Gasteiger partial charge in [-0.05, 0) is 70.6 Å². The molecule has 6 nitrogen and oxygen atoms in total. The number of carbonyl (C=O) groups excluding carboxylic acids is 2. The molecule has 0 unspecified atom stereocenters. The van der Waals surface area contributed by atoms with E-state index in [1.54, 1.807) is 12.1 Å². The Labute approximate surface area is 167 Å². The molecule has 1 aromatic rings. The minimum absolute atomic E-state index is 0.127. The van der Waals surface area contributed by atoms with Gasteiger partial charge in [-0.25, -0.2) is 9.59 Å². The van der Waals surface area contributed by atoms with Gasteiger partial charge in [0, 0.05) is 17.8 Å². The summed E-state index contributed by atoms with van der Waals surface area (Å²) < 4.78 is 10.2. The maximum absolute atomic E-state index is 12.1. The fraction of sp³-hybridized carbons (Fsp3) is 0.545. The van der Waals surface area contributed by atoms with Crippen molar-refractivity contribution in [2.75, 3.05) is 12.4 Å². The van der Waals surface area contributed by atoms with Crippen molar-refractivity contribution in [3.63, 3.8) is 0 Å². The molecule has 0 atom stereocenters. The van der Waals surface area contributed by atoms with Gasteiger partial charge in [-0.1, -0.05) is 12.1 Å². The molecule has 1 aliphatic rings. The van der Waals surface area contributed by atoms with E-state index < -0.39 is 5.60 Å². The predicted octanol–water partition coefficient (Wildman–Crippen LogP) is 4.45. The van der Waals surface area contributed by atoms with Crippen molar-refractivity contribution in [2.24, 2.45) is 0 Å². The quantitative estimate of drug-likeness (QED) is 0.556. The van der Waals surface area contributed by atoms with Crippen LogP contribution in [0.1, 0.15) is 62.4 Å². The fourth-order valence-electron chi connectivity index (χ4n) is 3.46. The largest absolute Gasteiger partial charge is 0.465 e. The molecular formula is C22H32N2O4. The summed E-state index contributed by atoms with van der Waals surface area (Å²) in [5, 5.41) is 6.53. The third-order valence-electron chi connectivity index (χ3n) is 4.74. The van der Waals surface area contributed by atoms with Crippen LogP contribution in [0.4, 0.5) is 10.5 Å². The molecule has 6 heteroatoms. The second kappa shape index (κ2) is 9.62. The second-order valence-corrected chi connectivity index (χ2v) is 8.16. The van der Waals surface area contributed by atoms with Crippen molar-refractivity contribution in [1.82, 2.24) is 5.32 Å². The normalized spacial score (nSPS) is 19.4. The van der Waals surface area contributed by atoms with Gasteiger partial charge in [0.25, 0.3) is 0 Å². The summed E-state index contributed by atoms with van der Waals surface area (Å²) in [5.74, 6) is -0.342. The van der Waals surface area contributed by atoms with Crippen LogP contribution in [0.3, 0.4) is 0 Å². The number of esters is 1. The second-order valence-electron chi connectivity index (χ2n) is 8.16. The van der Waals surface area contributed by atoms with Crippen LogP contribution in [0, 0.1) is 0 Å². The molecule has 0 aliphatic heterocycles. The first-order chi connectivity index (χ1) is 13.2. The number of alkyl carbamates (subject to hydrolysis) is 1. The molecular weight excluding hydrogens is 356 g/mol. The summed E-state index contributed by atoms with van der Waals surface area (Å²) in [4.78, 5) is 24.0. The van der Waals surface area contributed by atoms with E-state index in [-0.39, 0.29) is 24.1 Å². The standard InChI is InChI=1S/C22H32N2O4/c1-6-8-17-18(20(25)27-5)9-7-10-19(17)23-15-11-13-16(14-12-15)24-21(26)28-22(2,3)4/h6-7,9-10,15-16,23H,1,8,11-14H2,2-5H3,(H,24,26)/t15-,16+. The Morgan fingerprint density at radius 1 is 1.18 bits per heavy atom. The zero-order chi connectivity index (χ0) is 20.7. The highest BCUT2D eigenvalue weighted by molar-refractivity contribution is 5.93. The molecule has 0 saturated heterocycles. The van der Waals surface area contributed by atoms with Gasteiger partial charge in [-0.15, -0.1) is 6.58 Å². The van der Waals surface area contributed by atoms with Crippen molar-refractivity contribution in [1.29, 1.82) is 0 Å². The average molecular weight is 389 g/mol. The highest BCUT2D eigenvalue weighted by atomic mass is 16.6. The summed E-state index contributed by atoms with van der Waals surface area (Å²) in [7, 11) is 1.39. The number of hydrogen-bond donors (Lipinski definition) is 2. The zero-order valence-corrected chi connectivity index (χ0v) is 17.3. The van der Waals surface area contributed by atoms with Crippen LogP contribution in [-0.2, 0) is 15.9 Å². The third kappa shape index (κ3) is 6.29. The predicted molar refractivity (Wildman–Crippen MR) is 111 cm³/mol. The average Bonchev–Trinajstić information content (AvgIpc) is 2.62. The van der Waals surface area contributed by atoms with Gasteiger partial charge in [0.15, 0.2) is 0 Å². The Hall–Kier alpha value is -2.50. The number of amides is 1. The minimum Gasteiger partial charge on any atom is -0.465 e. The van der Waals surface area contributed by atoms with Crippen LogP contribution >= 0.6 is 0 Å². The third-order valence-corrected chi connectivity index (χ3v) is 4.74. The Balaban J connectivity index is 1.96. The van der Waals surface area contributed by atoms with Gasteiger partial charge in [0.05, 0.1) is 12.7 Å². The Morgan fingerprint density at radius 3 is 2.39 bits per heavy atom. The lowest BCUT2D eigenvalue weighted by molar-refractivity contribution is 0.0491. The summed E-state index contributed by atoms with van der Waals surface area (Å²) >= 11 is 0. The van der Waals surface area contributed by atoms with Gasteiger partial charge in [0.2, 0.25) is 0 Å². The number of hydrogen-bond acceptors (Lipinski definition) is 5. The summed E-state index contributed by atoms with van der Waals surface area (Å²) in [6, 6.07) is 6.03. The number of benzene rings is 1. The van der Waals surface area contributed by atoms with Crippen LogP contribution in [0.15, 0.2) is 30.9 Å². The summed E-state index contributed by atoms with van der Waals surface area (Å²) in [6.07, 6.45) is 5.63. The molecule has 1 fully saturated rings. The maximum atomic E-state index is 12.1. The van der Waals surface area contributed by atoms with Crippen LogP contribution in [-0.4, -0.2) is 36.9 Å². The highest BCUT2D eigenvalue weighted by Crippen LogP contribution is 2.27. The van der Waals surface area contributed by atoms with Crippen molar-refractivity contribution < 1.29 is 19.1 Å². The minimum atomic E-state index is -0.491. The van der Waals surface area contributed by atoms with Crippen molar-refractivity contribution >= 4 is 17.7 Å². The van der Waals surface area contributed by atoms with Crippen LogP contribution in [0.5, 0.6) is 0 Å². The van der Waals surface area contributed by atoms with E-state index in [1.165, 1.54) is 7.11 Å². The fourth-order valence-corrected chi connectivity index (χ4v) is 3.46. The first kappa shape index (κ1) is 21.8. The maximum Gasteiger partial charge on any atom is 0.407 e. The smallest absolute Gasteiger partial charge is 0.407 e. The molecule has 2 rings (SSSR count). The van der Waals surface area contributed by atoms with Gasteiger partial charge in [0.1, 0.15) is 5.60 Å². The summed E-state index contributed by atoms with van der Waals surface area (Å²) in [6.45, 7) is 9.37. The molecule has 0 radical (unpaired) electrons. The SMILES string of the molecule is C=CCc1c(N[C@H]2CC[C@@H](NC(=O)OC(C)(C)C)CC2)cccc1C(=O)OC. The zero-order valence-electron chi connectivity index (χ0n) is 17.3. The number of anilines is 1. The van der Waals surface area contributed by atoms with Crippen LogP contribution in [0.2, 0.25) is 0 Å². The van der Waals surface area contributed by atoms with E-state index in [4.69, 9.17) is 9.47 Å². The Bertz CT molecular complexity index is 701. The molecule has 1 saturated carbocycles. The van der Waals surface area contributed by atoms with Crippen molar-refractivity contribution in [2.45, 2.75) is 70.6 Å². The number of allylic oxidation sites excluding steroid dienone is 1. The number of ether oxygens (including phenoxy) is 2. The van der Waals surface area contributed by atoms with Gasteiger partial charge < -0.3 is 20.1 Å². The van der Waals surface area contributed by atoms with E-state index in [0.29, 0.717) is 12.0 Å². The number of methoxy groups -OCH3 is 1. The lowest BCUT2D eigenvalue weighted by Gasteiger charge is -2.31. The molecule has 0 aromatic heterocycles. The topological polar surface area (TPSA) is 76.7 Å². The molecule has 154 valence electrons. The lowest BCUT2D eigenvalue weighted by atomic mass is 9.90.